The Morgan fingerprint density at radius 2 is 1.88 bits per heavy atom. The minimum atomic E-state index is -0.160. The van der Waals surface area contributed by atoms with Gasteiger partial charge in [-0.15, -0.1) is 0 Å². The average molecular weight is 327 g/mol. The van der Waals surface area contributed by atoms with E-state index in [0.29, 0.717) is 0 Å². The molecule has 0 unspecified atom stereocenters. The Balaban J connectivity index is 1.99. The number of nitrogens with one attached hydrogen (secondary N) is 1. The molecule has 0 heterocycles. The first-order valence-electron chi connectivity index (χ1n) is 8.05. The van der Waals surface area contributed by atoms with Crippen LogP contribution in [0.4, 0.5) is 0 Å². The van der Waals surface area contributed by atoms with Crippen LogP contribution in [0.3, 0.4) is 0 Å². The highest BCUT2D eigenvalue weighted by Gasteiger charge is 2.15. The van der Waals surface area contributed by atoms with E-state index in [1.54, 1.807) is 7.11 Å². The quantitative estimate of drug-likeness (QED) is 0.876. The molecule has 1 N–H and O–H groups in total. The van der Waals surface area contributed by atoms with Gasteiger partial charge in [0.05, 0.1) is 13.2 Å². The molecule has 0 saturated carbocycles. The fourth-order valence-corrected chi connectivity index (χ4v) is 2.58. The van der Waals surface area contributed by atoms with Crippen molar-refractivity contribution in [2.75, 3.05) is 13.7 Å². The lowest BCUT2D eigenvalue weighted by atomic mass is 10.0. The Bertz CT molecular complexity index is 725. The molecule has 4 heteroatoms. The van der Waals surface area contributed by atoms with E-state index in [4.69, 9.17) is 9.47 Å². The van der Waals surface area contributed by atoms with Gasteiger partial charge in [-0.2, -0.15) is 0 Å². The third kappa shape index (κ3) is 4.28. The maximum Gasteiger partial charge on any atom is 0.258 e. The summed E-state index contributed by atoms with van der Waals surface area (Å²) in [6.07, 6.45) is 0. The Labute approximate surface area is 143 Å². The molecule has 0 spiro atoms. The number of benzene rings is 2. The summed E-state index contributed by atoms with van der Waals surface area (Å²) in [6, 6.07) is 11.6. The zero-order valence-electron chi connectivity index (χ0n) is 15.0. The second-order valence-corrected chi connectivity index (χ2v) is 6.02. The minimum Gasteiger partial charge on any atom is -0.496 e. The molecule has 1 atom stereocenters. The lowest BCUT2D eigenvalue weighted by molar-refractivity contribution is -0.123. The second kappa shape index (κ2) is 7.86. The Morgan fingerprint density at radius 1 is 1.12 bits per heavy atom. The summed E-state index contributed by atoms with van der Waals surface area (Å²) in [7, 11) is 1.63. The molecule has 0 bridgehead atoms. The molecule has 0 radical (unpaired) electrons. The van der Waals surface area contributed by atoms with Crippen molar-refractivity contribution in [3.8, 4) is 11.5 Å². The van der Waals surface area contributed by atoms with Gasteiger partial charge in [-0.05, 0) is 51.0 Å². The predicted molar refractivity (Wildman–Crippen MR) is 95.7 cm³/mol. The lowest BCUT2D eigenvalue weighted by Gasteiger charge is -2.18. The van der Waals surface area contributed by atoms with E-state index in [2.05, 4.69) is 5.32 Å². The number of aryl methyl sites for hydroxylation is 2. The zero-order chi connectivity index (χ0) is 17.7. The van der Waals surface area contributed by atoms with Gasteiger partial charge in [0, 0.05) is 5.56 Å². The van der Waals surface area contributed by atoms with Gasteiger partial charge in [0.15, 0.2) is 6.61 Å². The standard InChI is InChI=1S/C20H25NO3/c1-13-9-10-19(23-5)17(11-13)16(4)21-20(22)12-24-18-8-6-7-14(2)15(18)3/h6-11,16H,12H2,1-5H3,(H,21,22)/t16-/m0/s1. The summed E-state index contributed by atoms with van der Waals surface area (Å²) in [4.78, 5) is 12.2. The van der Waals surface area contributed by atoms with Crippen molar-refractivity contribution in [1.29, 1.82) is 0 Å². The van der Waals surface area contributed by atoms with E-state index in [0.717, 1.165) is 33.8 Å². The molecule has 0 fully saturated rings. The molecule has 128 valence electrons. The predicted octanol–water partition coefficient (Wildman–Crippen LogP) is 3.88. The van der Waals surface area contributed by atoms with E-state index < -0.39 is 0 Å². The SMILES string of the molecule is COc1ccc(C)cc1[C@H](C)NC(=O)COc1cccc(C)c1C. The molecular formula is C20H25NO3. The number of carbonyl (C=O) groups is 1. The number of rotatable bonds is 6. The monoisotopic (exact) mass is 327 g/mol. The first-order chi connectivity index (χ1) is 11.4. The molecule has 1 amide bonds. The number of amides is 1. The van der Waals surface area contributed by atoms with Crippen LogP contribution in [0.2, 0.25) is 0 Å². The number of hydrogen-bond donors (Lipinski definition) is 1. The van der Waals surface area contributed by atoms with Crippen molar-refractivity contribution in [2.24, 2.45) is 0 Å². The summed E-state index contributed by atoms with van der Waals surface area (Å²) < 4.78 is 11.0. The Hall–Kier alpha value is -2.49. The zero-order valence-corrected chi connectivity index (χ0v) is 15.0. The van der Waals surface area contributed by atoms with Gasteiger partial charge in [0.1, 0.15) is 11.5 Å². The molecule has 2 rings (SSSR count). The van der Waals surface area contributed by atoms with Crippen molar-refractivity contribution >= 4 is 5.91 Å². The van der Waals surface area contributed by atoms with Crippen molar-refractivity contribution in [3.05, 3.63) is 58.7 Å². The van der Waals surface area contributed by atoms with E-state index in [9.17, 15) is 4.79 Å². The van der Waals surface area contributed by atoms with Gasteiger partial charge in [0.2, 0.25) is 0 Å². The molecule has 2 aromatic carbocycles. The van der Waals surface area contributed by atoms with Gasteiger partial charge in [-0.1, -0.05) is 29.8 Å². The van der Waals surface area contributed by atoms with Gasteiger partial charge in [0.25, 0.3) is 5.91 Å². The molecule has 0 aliphatic carbocycles. The van der Waals surface area contributed by atoms with Gasteiger partial charge in [-0.3, -0.25) is 4.79 Å². The molecule has 0 saturated heterocycles. The summed E-state index contributed by atoms with van der Waals surface area (Å²) in [5, 5.41) is 2.96. The van der Waals surface area contributed by atoms with E-state index in [1.807, 2.05) is 64.1 Å². The van der Waals surface area contributed by atoms with Gasteiger partial charge >= 0.3 is 0 Å². The van der Waals surface area contributed by atoms with Crippen LogP contribution in [-0.4, -0.2) is 19.6 Å². The number of hydrogen-bond acceptors (Lipinski definition) is 3. The summed E-state index contributed by atoms with van der Waals surface area (Å²) in [6.45, 7) is 7.95. The first-order valence-corrected chi connectivity index (χ1v) is 8.05. The highest BCUT2D eigenvalue weighted by Crippen LogP contribution is 2.26. The van der Waals surface area contributed by atoms with E-state index in [1.165, 1.54) is 0 Å². The topological polar surface area (TPSA) is 47.6 Å². The number of carbonyl (C=O) groups excluding carboxylic acids is 1. The molecular weight excluding hydrogens is 302 g/mol. The normalized spacial score (nSPS) is 11.7. The third-order valence-corrected chi connectivity index (χ3v) is 4.14. The summed E-state index contributed by atoms with van der Waals surface area (Å²) >= 11 is 0. The Morgan fingerprint density at radius 3 is 2.58 bits per heavy atom. The van der Waals surface area contributed by atoms with E-state index >= 15 is 0 Å². The molecule has 0 aromatic heterocycles. The minimum absolute atomic E-state index is 0.0111. The lowest BCUT2D eigenvalue weighted by Crippen LogP contribution is -2.31. The average Bonchev–Trinajstić information content (AvgIpc) is 2.56. The number of methoxy groups -OCH3 is 1. The van der Waals surface area contributed by atoms with Crippen LogP contribution < -0.4 is 14.8 Å². The fraction of sp³-hybridized carbons (Fsp3) is 0.350. The Kier molecular flexibility index (Phi) is 5.85. The van der Waals surface area contributed by atoms with Crippen LogP contribution in [-0.2, 0) is 4.79 Å². The summed E-state index contributed by atoms with van der Waals surface area (Å²) in [5.41, 5.74) is 4.28. The highest BCUT2D eigenvalue weighted by atomic mass is 16.5. The largest absolute Gasteiger partial charge is 0.496 e. The van der Waals surface area contributed by atoms with Crippen LogP contribution in [0.1, 0.15) is 35.2 Å². The van der Waals surface area contributed by atoms with Crippen molar-refractivity contribution in [2.45, 2.75) is 33.7 Å². The number of ether oxygens (including phenoxy) is 2. The maximum atomic E-state index is 12.2. The fourth-order valence-electron chi connectivity index (χ4n) is 2.58. The van der Waals surface area contributed by atoms with Crippen molar-refractivity contribution < 1.29 is 14.3 Å². The maximum absolute atomic E-state index is 12.2. The summed E-state index contributed by atoms with van der Waals surface area (Å²) in [5.74, 6) is 1.35. The first kappa shape index (κ1) is 17.9. The smallest absolute Gasteiger partial charge is 0.258 e. The third-order valence-electron chi connectivity index (χ3n) is 4.14. The van der Waals surface area contributed by atoms with E-state index in [-0.39, 0.29) is 18.6 Å². The van der Waals surface area contributed by atoms with Crippen LogP contribution in [0.5, 0.6) is 11.5 Å². The van der Waals surface area contributed by atoms with Crippen LogP contribution in [0, 0.1) is 20.8 Å². The van der Waals surface area contributed by atoms with Crippen LogP contribution >= 0.6 is 0 Å². The van der Waals surface area contributed by atoms with Crippen LogP contribution in [0.15, 0.2) is 36.4 Å². The molecule has 4 nitrogen and oxygen atoms in total. The molecule has 0 aliphatic heterocycles. The second-order valence-electron chi connectivity index (χ2n) is 6.02. The molecule has 2 aromatic rings. The van der Waals surface area contributed by atoms with Gasteiger partial charge in [-0.25, -0.2) is 0 Å². The van der Waals surface area contributed by atoms with Crippen molar-refractivity contribution in [1.82, 2.24) is 5.32 Å². The van der Waals surface area contributed by atoms with Crippen LogP contribution in [0.25, 0.3) is 0 Å². The molecule has 0 aliphatic rings. The van der Waals surface area contributed by atoms with Crippen molar-refractivity contribution in [3.63, 3.8) is 0 Å². The molecule has 24 heavy (non-hydrogen) atoms. The van der Waals surface area contributed by atoms with Gasteiger partial charge < -0.3 is 14.8 Å². The highest BCUT2D eigenvalue weighted by molar-refractivity contribution is 5.78.